The first-order chi connectivity index (χ1) is 10.8. The lowest BCUT2D eigenvalue weighted by molar-refractivity contribution is -0.149. The Morgan fingerprint density at radius 1 is 1.26 bits per heavy atom. The number of phenolic OH excluding ortho intramolecular Hbond substituents is 1. The number of likely N-dealkylation sites (N-methyl/N-ethyl adjacent to an activating group) is 1. The van der Waals surface area contributed by atoms with Gasteiger partial charge in [0.15, 0.2) is 0 Å². The molecule has 2 N–H and O–H groups in total. The molecule has 1 fully saturated rings. The van der Waals surface area contributed by atoms with Crippen molar-refractivity contribution < 1.29 is 19.8 Å². The van der Waals surface area contributed by atoms with Crippen LogP contribution in [0.3, 0.4) is 0 Å². The van der Waals surface area contributed by atoms with Gasteiger partial charge in [-0.1, -0.05) is 13.8 Å². The molecule has 23 heavy (non-hydrogen) atoms. The number of amides is 1. The first-order valence-corrected chi connectivity index (χ1v) is 7.88. The van der Waals surface area contributed by atoms with Gasteiger partial charge >= 0.3 is 5.97 Å². The number of carbonyl (C=O) groups excluding carboxylic acids is 1. The van der Waals surface area contributed by atoms with Crippen LogP contribution in [0.5, 0.6) is 5.75 Å². The molecule has 2 atom stereocenters. The van der Waals surface area contributed by atoms with E-state index in [1.165, 1.54) is 4.90 Å². The van der Waals surface area contributed by atoms with Gasteiger partial charge in [-0.2, -0.15) is 0 Å². The van der Waals surface area contributed by atoms with Gasteiger partial charge in [0.2, 0.25) is 5.91 Å². The van der Waals surface area contributed by atoms with E-state index in [9.17, 15) is 19.8 Å². The summed E-state index contributed by atoms with van der Waals surface area (Å²) in [4.78, 5) is 27.6. The Morgan fingerprint density at radius 2 is 1.87 bits per heavy atom. The number of aliphatic carboxylic acids is 1. The summed E-state index contributed by atoms with van der Waals surface area (Å²) in [6, 6.07) is 5.47. The second-order valence-corrected chi connectivity index (χ2v) is 6.34. The minimum atomic E-state index is -0.939. The maximum atomic E-state index is 13.0. The predicted molar refractivity (Wildman–Crippen MR) is 87.5 cm³/mol. The Labute approximate surface area is 136 Å². The van der Waals surface area contributed by atoms with Crippen LogP contribution in [0.2, 0.25) is 0 Å². The lowest BCUT2D eigenvalue weighted by Gasteiger charge is -2.36. The highest BCUT2D eigenvalue weighted by molar-refractivity contribution is 5.90. The van der Waals surface area contributed by atoms with Crippen LogP contribution in [0.25, 0.3) is 0 Å². The van der Waals surface area contributed by atoms with Gasteiger partial charge in [-0.3, -0.25) is 4.79 Å². The number of rotatable bonds is 5. The molecule has 6 heteroatoms. The van der Waals surface area contributed by atoms with Gasteiger partial charge in [-0.15, -0.1) is 0 Å². The zero-order valence-electron chi connectivity index (χ0n) is 13.8. The van der Waals surface area contributed by atoms with E-state index in [-0.39, 0.29) is 17.6 Å². The highest BCUT2D eigenvalue weighted by Gasteiger charge is 2.39. The molecule has 0 radical (unpaired) electrons. The molecule has 1 amide bonds. The number of likely N-dealkylation sites (tertiary alicyclic amines) is 1. The molecule has 1 aliphatic heterocycles. The number of anilines is 1. The van der Waals surface area contributed by atoms with Gasteiger partial charge < -0.3 is 20.0 Å². The molecule has 126 valence electrons. The van der Waals surface area contributed by atoms with Crippen molar-refractivity contribution in [1.29, 1.82) is 0 Å². The number of carboxylic acids is 1. The average Bonchev–Trinajstić information content (AvgIpc) is 2.97. The summed E-state index contributed by atoms with van der Waals surface area (Å²) in [5.41, 5.74) is 0.806. The average molecular weight is 320 g/mol. The van der Waals surface area contributed by atoms with Crippen molar-refractivity contribution in [3.63, 3.8) is 0 Å². The normalized spacial score (nSPS) is 19.0. The van der Waals surface area contributed by atoms with Crippen molar-refractivity contribution >= 4 is 17.6 Å². The van der Waals surface area contributed by atoms with Crippen LogP contribution < -0.4 is 4.90 Å². The fourth-order valence-electron chi connectivity index (χ4n) is 3.20. The maximum absolute atomic E-state index is 13.0. The summed E-state index contributed by atoms with van der Waals surface area (Å²) < 4.78 is 0. The van der Waals surface area contributed by atoms with Gasteiger partial charge in [0.25, 0.3) is 0 Å². The number of hydrogen-bond acceptors (Lipinski definition) is 4. The second-order valence-electron chi connectivity index (χ2n) is 6.34. The Morgan fingerprint density at radius 3 is 2.39 bits per heavy atom. The van der Waals surface area contributed by atoms with Crippen molar-refractivity contribution in [2.24, 2.45) is 5.92 Å². The van der Waals surface area contributed by atoms with E-state index in [0.717, 1.165) is 12.1 Å². The van der Waals surface area contributed by atoms with E-state index in [0.29, 0.717) is 13.0 Å². The highest BCUT2D eigenvalue weighted by Crippen LogP contribution is 2.26. The molecule has 1 aliphatic rings. The summed E-state index contributed by atoms with van der Waals surface area (Å²) >= 11 is 0. The third-order valence-electron chi connectivity index (χ3n) is 4.38. The van der Waals surface area contributed by atoms with Crippen molar-refractivity contribution in [2.75, 3.05) is 18.5 Å². The fraction of sp³-hybridized carbons (Fsp3) is 0.529. The number of benzene rings is 1. The highest BCUT2D eigenvalue weighted by atomic mass is 16.4. The van der Waals surface area contributed by atoms with Gasteiger partial charge in [0, 0.05) is 19.3 Å². The van der Waals surface area contributed by atoms with Crippen LogP contribution in [-0.4, -0.2) is 52.7 Å². The van der Waals surface area contributed by atoms with Gasteiger partial charge in [-0.05, 0) is 43.0 Å². The van der Waals surface area contributed by atoms with E-state index >= 15 is 0 Å². The Balaban J connectivity index is 2.25. The maximum Gasteiger partial charge on any atom is 0.326 e. The molecule has 1 heterocycles. The summed E-state index contributed by atoms with van der Waals surface area (Å²) in [7, 11) is 1.82. The molecule has 0 saturated carbocycles. The zero-order chi connectivity index (χ0) is 17.1. The molecular weight excluding hydrogens is 296 g/mol. The van der Waals surface area contributed by atoms with Crippen molar-refractivity contribution in [2.45, 2.75) is 38.8 Å². The molecule has 1 saturated heterocycles. The molecule has 2 rings (SSSR count). The smallest absolute Gasteiger partial charge is 0.326 e. The number of carboxylic acid groups (broad SMARTS) is 1. The minimum Gasteiger partial charge on any atom is -0.508 e. The van der Waals surface area contributed by atoms with E-state index in [1.807, 2.05) is 25.8 Å². The molecule has 0 aromatic heterocycles. The molecular formula is C17H24N2O4. The van der Waals surface area contributed by atoms with Crippen molar-refractivity contribution in [1.82, 2.24) is 4.90 Å². The number of carbonyl (C=O) groups is 2. The molecule has 1 aromatic rings. The third kappa shape index (κ3) is 3.57. The monoisotopic (exact) mass is 320 g/mol. The van der Waals surface area contributed by atoms with Crippen molar-refractivity contribution in [3.05, 3.63) is 24.3 Å². The van der Waals surface area contributed by atoms with Gasteiger partial charge in [0.05, 0.1) is 0 Å². The fourth-order valence-corrected chi connectivity index (χ4v) is 3.20. The SMILES string of the molecule is CC(C)C(C(=O)N1CCCC1C(=O)O)N(C)c1ccc(O)cc1. The Bertz CT molecular complexity index is 570. The quantitative estimate of drug-likeness (QED) is 0.866. The standard InChI is InChI=1S/C17H24N2O4/c1-11(2)15(18(3)12-6-8-13(20)9-7-12)16(21)19-10-4-5-14(19)17(22)23/h6-9,11,14-15,20H,4-5,10H2,1-3H3,(H,22,23). The Hall–Kier alpha value is -2.24. The molecule has 0 spiro atoms. The number of phenols is 1. The lowest BCUT2D eigenvalue weighted by Crippen LogP contribution is -2.53. The first-order valence-electron chi connectivity index (χ1n) is 7.88. The largest absolute Gasteiger partial charge is 0.508 e. The van der Waals surface area contributed by atoms with E-state index in [4.69, 9.17) is 0 Å². The topological polar surface area (TPSA) is 81.1 Å². The van der Waals surface area contributed by atoms with Gasteiger partial charge in [0.1, 0.15) is 17.8 Å². The summed E-state index contributed by atoms with van der Waals surface area (Å²) in [5.74, 6) is -0.900. The molecule has 2 unspecified atom stereocenters. The van der Waals surface area contributed by atoms with E-state index in [1.54, 1.807) is 24.3 Å². The third-order valence-corrected chi connectivity index (χ3v) is 4.38. The van der Waals surface area contributed by atoms with Crippen LogP contribution in [0.15, 0.2) is 24.3 Å². The van der Waals surface area contributed by atoms with Crippen molar-refractivity contribution in [3.8, 4) is 5.75 Å². The first kappa shape index (κ1) is 17.1. The van der Waals surface area contributed by atoms with Crippen LogP contribution in [0, 0.1) is 5.92 Å². The number of nitrogens with zero attached hydrogens (tertiary/aromatic N) is 2. The van der Waals surface area contributed by atoms with Crippen LogP contribution in [0.4, 0.5) is 5.69 Å². The number of aromatic hydroxyl groups is 1. The lowest BCUT2D eigenvalue weighted by atomic mass is 10.00. The summed E-state index contributed by atoms with van der Waals surface area (Å²) in [6.07, 6.45) is 1.23. The number of hydrogen-bond donors (Lipinski definition) is 2. The molecule has 1 aromatic carbocycles. The van der Waals surface area contributed by atoms with E-state index in [2.05, 4.69) is 0 Å². The molecule has 0 aliphatic carbocycles. The minimum absolute atomic E-state index is 0.0244. The van der Waals surface area contributed by atoms with Crippen LogP contribution in [-0.2, 0) is 9.59 Å². The van der Waals surface area contributed by atoms with E-state index < -0.39 is 18.1 Å². The summed E-state index contributed by atoms with van der Waals surface area (Å²) in [6.45, 7) is 4.39. The molecule has 6 nitrogen and oxygen atoms in total. The summed E-state index contributed by atoms with van der Waals surface area (Å²) in [5, 5.41) is 18.7. The molecule has 0 bridgehead atoms. The van der Waals surface area contributed by atoms with Gasteiger partial charge in [-0.25, -0.2) is 4.79 Å². The Kier molecular flexibility index (Phi) is 5.13. The predicted octanol–water partition coefficient (Wildman–Crippen LogP) is 1.93. The van der Waals surface area contributed by atoms with Crippen LogP contribution in [0.1, 0.15) is 26.7 Å². The van der Waals surface area contributed by atoms with Crippen LogP contribution >= 0.6 is 0 Å². The second kappa shape index (κ2) is 6.89. The zero-order valence-corrected chi connectivity index (χ0v) is 13.8.